The first-order chi connectivity index (χ1) is 10.2. The fourth-order valence-corrected chi connectivity index (χ4v) is 2.28. The van der Waals surface area contributed by atoms with Crippen LogP contribution in [0.25, 0.3) is 0 Å². The van der Waals surface area contributed by atoms with Gasteiger partial charge in [0.2, 0.25) is 0 Å². The molecule has 0 aliphatic carbocycles. The first-order valence-electron chi connectivity index (χ1n) is 6.36. The summed E-state index contributed by atoms with van der Waals surface area (Å²) in [5.74, 6) is 1.28. The maximum atomic E-state index is 9.14. The summed E-state index contributed by atoms with van der Waals surface area (Å²) < 4.78 is 0.710. The summed E-state index contributed by atoms with van der Waals surface area (Å²) in [5, 5.41) is 16.0. The van der Waals surface area contributed by atoms with Crippen LogP contribution in [0, 0.1) is 11.3 Å². The highest BCUT2D eigenvalue weighted by Crippen LogP contribution is 2.31. The summed E-state index contributed by atoms with van der Waals surface area (Å²) >= 11 is 9.44. The third-order valence-electron chi connectivity index (χ3n) is 2.69. The van der Waals surface area contributed by atoms with Gasteiger partial charge >= 0.3 is 0 Å². The summed E-state index contributed by atoms with van der Waals surface area (Å²) in [5.41, 5.74) is 1.10. The minimum Gasteiger partial charge on any atom is -0.369 e. The Bertz CT molecular complexity index is 684. The van der Waals surface area contributed by atoms with Crippen LogP contribution in [0.2, 0.25) is 5.02 Å². The first kappa shape index (κ1) is 15.5. The predicted molar refractivity (Wildman–Crippen MR) is 88.0 cm³/mol. The molecule has 1 aromatic heterocycles. The quantitative estimate of drug-likeness (QED) is 0.824. The highest BCUT2D eigenvalue weighted by molar-refractivity contribution is 9.10. The average molecular weight is 367 g/mol. The van der Waals surface area contributed by atoms with E-state index in [4.69, 9.17) is 16.9 Å². The molecular weight excluding hydrogens is 354 g/mol. The Labute approximate surface area is 136 Å². The Morgan fingerprint density at radius 3 is 2.81 bits per heavy atom. The fourth-order valence-electron chi connectivity index (χ4n) is 1.67. The van der Waals surface area contributed by atoms with Gasteiger partial charge in [0.25, 0.3) is 0 Å². The fraction of sp³-hybridized carbons (Fsp3) is 0.214. The summed E-state index contributed by atoms with van der Waals surface area (Å²) in [6.07, 6.45) is 2.45. The van der Waals surface area contributed by atoms with Gasteiger partial charge in [-0.2, -0.15) is 5.26 Å². The Morgan fingerprint density at radius 2 is 2.10 bits per heavy atom. The van der Waals surface area contributed by atoms with Gasteiger partial charge in [-0.25, -0.2) is 9.97 Å². The average Bonchev–Trinajstić information content (AvgIpc) is 2.48. The number of nitriles is 1. The summed E-state index contributed by atoms with van der Waals surface area (Å²) in [6, 6.07) is 7.14. The Balaban J connectivity index is 2.32. The molecule has 0 aliphatic heterocycles. The molecule has 108 valence electrons. The van der Waals surface area contributed by atoms with Gasteiger partial charge in [0, 0.05) is 11.6 Å². The third kappa shape index (κ3) is 3.84. The van der Waals surface area contributed by atoms with Crippen LogP contribution in [-0.2, 0) is 0 Å². The van der Waals surface area contributed by atoms with Crippen molar-refractivity contribution in [3.8, 4) is 6.07 Å². The largest absolute Gasteiger partial charge is 0.369 e. The number of rotatable bonds is 5. The monoisotopic (exact) mass is 365 g/mol. The molecule has 2 rings (SSSR count). The molecule has 5 nitrogen and oxygen atoms in total. The zero-order valence-electron chi connectivity index (χ0n) is 11.3. The van der Waals surface area contributed by atoms with E-state index in [0.717, 1.165) is 13.0 Å². The molecule has 2 N–H and O–H groups in total. The molecule has 0 amide bonds. The molecular formula is C14H13BrClN5. The number of hydrogen-bond acceptors (Lipinski definition) is 5. The van der Waals surface area contributed by atoms with Crippen molar-refractivity contribution in [3.63, 3.8) is 0 Å². The minimum absolute atomic E-state index is 0.493. The van der Waals surface area contributed by atoms with Crippen LogP contribution >= 0.6 is 27.5 Å². The third-order valence-corrected chi connectivity index (χ3v) is 3.67. The molecule has 0 atom stereocenters. The SMILES string of the molecule is CCCNc1ncnc(Nc2cc(Cl)ccc2C#N)c1Br. The number of halogens is 2. The zero-order valence-corrected chi connectivity index (χ0v) is 13.7. The van der Waals surface area contributed by atoms with E-state index < -0.39 is 0 Å². The first-order valence-corrected chi connectivity index (χ1v) is 7.53. The van der Waals surface area contributed by atoms with Crippen LogP contribution in [0.15, 0.2) is 29.0 Å². The lowest BCUT2D eigenvalue weighted by Crippen LogP contribution is -2.05. The van der Waals surface area contributed by atoms with Gasteiger partial charge in [0.1, 0.15) is 28.5 Å². The topological polar surface area (TPSA) is 73.6 Å². The summed E-state index contributed by atoms with van der Waals surface area (Å²) in [7, 11) is 0. The zero-order chi connectivity index (χ0) is 15.2. The maximum absolute atomic E-state index is 9.14. The van der Waals surface area contributed by atoms with Crippen molar-refractivity contribution in [2.45, 2.75) is 13.3 Å². The number of nitrogens with zero attached hydrogens (tertiary/aromatic N) is 3. The van der Waals surface area contributed by atoms with Crippen molar-refractivity contribution < 1.29 is 0 Å². The van der Waals surface area contributed by atoms with Crippen molar-refractivity contribution in [2.24, 2.45) is 0 Å². The molecule has 0 aliphatic rings. The van der Waals surface area contributed by atoms with Crippen LogP contribution in [0.4, 0.5) is 17.3 Å². The molecule has 2 aromatic rings. The van der Waals surface area contributed by atoms with Crippen molar-refractivity contribution in [3.05, 3.63) is 39.6 Å². The summed E-state index contributed by atoms with van der Waals surface area (Å²) in [6.45, 7) is 2.89. The normalized spacial score (nSPS) is 10.0. The van der Waals surface area contributed by atoms with Crippen molar-refractivity contribution >= 4 is 44.9 Å². The van der Waals surface area contributed by atoms with Gasteiger partial charge in [-0.1, -0.05) is 18.5 Å². The lowest BCUT2D eigenvalue weighted by atomic mass is 10.2. The lowest BCUT2D eigenvalue weighted by molar-refractivity contribution is 0.962. The van der Waals surface area contributed by atoms with E-state index in [1.165, 1.54) is 6.33 Å². The van der Waals surface area contributed by atoms with Crippen LogP contribution in [-0.4, -0.2) is 16.5 Å². The van der Waals surface area contributed by atoms with E-state index >= 15 is 0 Å². The van der Waals surface area contributed by atoms with Gasteiger partial charge < -0.3 is 10.6 Å². The molecule has 0 radical (unpaired) electrons. The van der Waals surface area contributed by atoms with Crippen molar-refractivity contribution in [1.29, 1.82) is 5.26 Å². The van der Waals surface area contributed by atoms with Gasteiger partial charge in [0.15, 0.2) is 0 Å². The molecule has 0 saturated carbocycles. The summed E-state index contributed by atoms with van der Waals surface area (Å²) in [4.78, 5) is 8.36. The lowest BCUT2D eigenvalue weighted by Gasteiger charge is -2.12. The standard InChI is InChI=1S/C14H13BrClN5/c1-2-5-18-13-12(15)14(20-8-19-13)21-11-6-10(16)4-3-9(11)7-17/h3-4,6,8H,2,5H2,1H3,(H2,18,19,20,21). The van der Waals surface area contributed by atoms with E-state index in [9.17, 15) is 0 Å². The minimum atomic E-state index is 0.493. The number of anilines is 3. The second-order valence-electron chi connectivity index (χ2n) is 4.24. The Kier molecular flexibility index (Phi) is 5.37. The van der Waals surface area contributed by atoms with Crippen LogP contribution in [0.1, 0.15) is 18.9 Å². The molecule has 0 spiro atoms. The van der Waals surface area contributed by atoms with E-state index in [2.05, 4.69) is 49.5 Å². The van der Waals surface area contributed by atoms with Crippen LogP contribution in [0.5, 0.6) is 0 Å². The van der Waals surface area contributed by atoms with Crippen LogP contribution < -0.4 is 10.6 Å². The van der Waals surface area contributed by atoms with Gasteiger partial charge in [-0.3, -0.25) is 0 Å². The van der Waals surface area contributed by atoms with E-state index in [0.29, 0.717) is 32.4 Å². The van der Waals surface area contributed by atoms with E-state index in [1.807, 2.05) is 0 Å². The molecule has 0 bridgehead atoms. The smallest absolute Gasteiger partial charge is 0.150 e. The number of hydrogen-bond donors (Lipinski definition) is 2. The molecule has 0 saturated heterocycles. The molecule has 1 heterocycles. The van der Waals surface area contributed by atoms with Crippen molar-refractivity contribution in [2.75, 3.05) is 17.2 Å². The highest BCUT2D eigenvalue weighted by Gasteiger charge is 2.11. The van der Waals surface area contributed by atoms with Gasteiger partial charge in [-0.15, -0.1) is 0 Å². The Hall–Kier alpha value is -1.84. The van der Waals surface area contributed by atoms with Gasteiger partial charge in [0.05, 0.1) is 11.3 Å². The highest BCUT2D eigenvalue weighted by atomic mass is 79.9. The molecule has 0 unspecified atom stereocenters. The van der Waals surface area contributed by atoms with Gasteiger partial charge in [-0.05, 0) is 40.5 Å². The molecule has 21 heavy (non-hydrogen) atoms. The number of aromatic nitrogens is 2. The Morgan fingerprint density at radius 1 is 1.33 bits per heavy atom. The second-order valence-corrected chi connectivity index (χ2v) is 5.47. The van der Waals surface area contributed by atoms with Crippen molar-refractivity contribution in [1.82, 2.24) is 9.97 Å². The van der Waals surface area contributed by atoms with E-state index in [-0.39, 0.29) is 0 Å². The predicted octanol–water partition coefficient (Wildman–Crippen LogP) is 4.33. The molecule has 7 heteroatoms. The second kappa shape index (κ2) is 7.25. The number of benzene rings is 1. The van der Waals surface area contributed by atoms with Crippen LogP contribution in [0.3, 0.4) is 0 Å². The van der Waals surface area contributed by atoms with E-state index in [1.54, 1.807) is 18.2 Å². The number of nitrogens with one attached hydrogen (secondary N) is 2. The molecule has 0 fully saturated rings. The molecule has 1 aromatic carbocycles. The maximum Gasteiger partial charge on any atom is 0.150 e.